The molecule has 0 saturated carbocycles. The fourth-order valence-electron chi connectivity index (χ4n) is 2.09. The van der Waals surface area contributed by atoms with Crippen LogP contribution in [0.4, 0.5) is 0 Å². The van der Waals surface area contributed by atoms with E-state index < -0.39 is 0 Å². The first kappa shape index (κ1) is 21.7. The van der Waals surface area contributed by atoms with Crippen LogP contribution in [0.25, 0.3) is 0 Å². The van der Waals surface area contributed by atoms with Gasteiger partial charge in [-0.25, -0.2) is 0 Å². The van der Waals surface area contributed by atoms with E-state index >= 15 is 0 Å². The minimum Gasteiger partial charge on any atom is -0.385 e. The number of nitrogens with one attached hydrogen (secondary N) is 1. The zero-order valence-corrected chi connectivity index (χ0v) is 17.6. The molecule has 0 aliphatic rings. The first-order valence-electron chi connectivity index (χ1n) is 7.33. The lowest BCUT2D eigenvalue weighted by molar-refractivity contribution is 0.192. The highest BCUT2D eigenvalue weighted by molar-refractivity contribution is 14.0. The van der Waals surface area contributed by atoms with E-state index in [2.05, 4.69) is 56.4 Å². The normalized spacial score (nSPS) is 11.0. The maximum absolute atomic E-state index is 5.05. The molecule has 22 heavy (non-hydrogen) atoms. The van der Waals surface area contributed by atoms with E-state index in [-0.39, 0.29) is 24.0 Å². The molecule has 4 nitrogen and oxygen atoms in total. The highest BCUT2D eigenvalue weighted by Crippen LogP contribution is 2.17. The van der Waals surface area contributed by atoms with Crippen molar-refractivity contribution in [1.82, 2.24) is 10.2 Å². The van der Waals surface area contributed by atoms with Gasteiger partial charge in [0.15, 0.2) is 5.96 Å². The molecule has 0 amide bonds. The molecule has 0 aliphatic heterocycles. The molecule has 1 aromatic carbocycles. The van der Waals surface area contributed by atoms with Gasteiger partial charge in [-0.15, -0.1) is 24.0 Å². The van der Waals surface area contributed by atoms with Crippen molar-refractivity contribution in [3.63, 3.8) is 0 Å². The smallest absolute Gasteiger partial charge is 0.193 e. The predicted molar refractivity (Wildman–Crippen MR) is 108 cm³/mol. The third-order valence-corrected chi connectivity index (χ3v) is 4.02. The largest absolute Gasteiger partial charge is 0.385 e. The van der Waals surface area contributed by atoms with E-state index in [9.17, 15) is 0 Å². The average Bonchev–Trinajstić information content (AvgIpc) is 2.49. The molecule has 1 rings (SSSR count). The lowest BCUT2D eigenvalue weighted by Gasteiger charge is -2.22. The number of benzene rings is 1. The van der Waals surface area contributed by atoms with Crippen molar-refractivity contribution >= 4 is 45.9 Å². The van der Waals surface area contributed by atoms with Gasteiger partial charge >= 0.3 is 0 Å². The van der Waals surface area contributed by atoms with E-state index in [1.807, 2.05) is 13.1 Å². The Morgan fingerprint density at radius 3 is 2.64 bits per heavy atom. The van der Waals surface area contributed by atoms with E-state index in [1.54, 1.807) is 7.11 Å². The second-order valence-electron chi connectivity index (χ2n) is 4.97. The molecule has 0 spiro atoms. The number of hydrogen-bond donors (Lipinski definition) is 1. The second-order valence-corrected chi connectivity index (χ2v) is 5.83. The van der Waals surface area contributed by atoms with Crippen LogP contribution in [-0.2, 0) is 11.3 Å². The van der Waals surface area contributed by atoms with Crippen molar-refractivity contribution < 1.29 is 4.74 Å². The molecule has 126 valence electrons. The van der Waals surface area contributed by atoms with E-state index in [0.29, 0.717) is 0 Å². The van der Waals surface area contributed by atoms with Gasteiger partial charge in [-0.3, -0.25) is 4.99 Å². The van der Waals surface area contributed by atoms with Crippen molar-refractivity contribution in [3.05, 3.63) is 34.3 Å². The van der Waals surface area contributed by atoms with E-state index in [0.717, 1.165) is 43.0 Å². The molecule has 1 aromatic rings. The number of nitrogens with zero attached hydrogens (tertiary/aromatic N) is 2. The number of aliphatic imine (C=N–C) groups is 1. The summed E-state index contributed by atoms with van der Waals surface area (Å²) in [6, 6.07) is 8.27. The molecule has 0 aromatic heterocycles. The number of ether oxygens (including phenoxy) is 1. The number of halogens is 2. The Kier molecular flexibility index (Phi) is 12.9. The van der Waals surface area contributed by atoms with Gasteiger partial charge in [0.05, 0.1) is 0 Å². The van der Waals surface area contributed by atoms with Gasteiger partial charge in [-0.05, 0) is 30.9 Å². The van der Waals surface area contributed by atoms with Crippen LogP contribution in [0.1, 0.15) is 24.8 Å². The maximum atomic E-state index is 5.05. The van der Waals surface area contributed by atoms with Crippen molar-refractivity contribution in [1.29, 1.82) is 0 Å². The van der Waals surface area contributed by atoms with Crippen molar-refractivity contribution in [2.45, 2.75) is 25.8 Å². The summed E-state index contributed by atoms with van der Waals surface area (Å²) in [5, 5.41) is 3.41. The van der Waals surface area contributed by atoms with E-state index in [1.165, 1.54) is 12.0 Å². The molecule has 0 saturated heterocycles. The van der Waals surface area contributed by atoms with Crippen LogP contribution < -0.4 is 5.32 Å². The molecule has 1 N–H and O–H groups in total. The molecule has 0 atom stereocenters. The van der Waals surface area contributed by atoms with Crippen LogP contribution in [-0.4, -0.2) is 45.2 Å². The minimum atomic E-state index is 0. The fraction of sp³-hybridized carbons (Fsp3) is 0.562. The molecular weight excluding hydrogens is 457 g/mol. The number of guanidine groups is 1. The quantitative estimate of drug-likeness (QED) is 0.264. The molecule has 0 heterocycles. The Bertz CT molecular complexity index is 443. The van der Waals surface area contributed by atoms with Gasteiger partial charge in [0.1, 0.15) is 0 Å². The van der Waals surface area contributed by atoms with Crippen molar-refractivity contribution in [2.24, 2.45) is 4.99 Å². The third kappa shape index (κ3) is 8.33. The molecule has 6 heteroatoms. The summed E-state index contributed by atoms with van der Waals surface area (Å²) in [5.74, 6) is 0.928. The average molecular weight is 484 g/mol. The third-order valence-electron chi connectivity index (χ3n) is 3.25. The lowest BCUT2D eigenvalue weighted by atomic mass is 10.2. The van der Waals surface area contributed by atoms with Gasteiger partial charge in [0.25, 0.3) is 0 Å². The monoisotopic (exact) mass is 483 g/mol. The summed E-state index contributed by atoms with van der Waals surface area (Å²) in [4.78, 5) is 6.47. The van der Waals surface area contributed by atoms with Crippen LogP contribution >= 0.6 is 39.9 Å². The summed E-state index contributed by atoms with van der Waals surface area (Å²) in [6.07, 6.45) is 3.42. The lowest BCUT2D eigenvalue weighted by Crippen LogP contribution is -2.38. The molecule has 0 unspecified atom stereocenters. The first-order valence-corrected chi connectivity index (χ1v) is 8.12. The first-order chi connectivity index (χ1) is 10.2. The summed E-state index contributed by atoms with van der Waals surface area (Å²) in [6.45, 7) is 2.61. The topological polar surface area (TPSA) is 36.9 Å². The van der Waals surface area contributed by atoms with Crippen LogP contribution in [0, 0.1) is 0 Å². The zero-order chi connectivity index (χ0) is 15.5. The number of methoxy groups -OCH3 is 1. The van der Waals surface area contributed by atoms with Gasteiger partial charge in [-0.2, -0.15) is 0 Å². The fourth-order valence-corrected chi connectivity index (χ4v) is 2.50. The predicted octanol–water partition coefficient (Wildman–Crippen LogP) is 3.89. The zero-order valence-electron chi connectivity index (χ0n) is 13.6. The van der Waals surface area contributed by atoms with Crippen LogP contribution in [0.5, 0.6) is 0 Å². The maximum Gasteiger partial charge on any atom is 0.193 e. The second kappa shape index (κ2) is 13.1. The Balaban J connectivity index is 0.00000441. The molecule has 0 aliphatic carbocycles. The Hall–Kier alpha value is -0.340. The standard InChI is InChI=1S/C16H26BrN3O.HI/c1-18-16(19-11-7-4-8-12-21-3)20(2)13-14-9-5-6-10-15(14)17;/h5-6,9-10H,4,7-8,11-13H2,1-3H3,(H,18,19);1H. The molecular formula is C16H27BrIN3O. The van der Waals surface area contributed by atoms with Crippen LogP contribution in [0.3, 0.4) is 0 Å². The van der Waals surface area contributed by atoms with Gasteiger partial charge in [-0.1, -0.05) is 34.1 Å². The molecule has 0 radical (unpaired) electrons. The Morgan fingerprint density at radius 1 is 1.27 bits per heavy atom. The van der Waals surface area contributed by atoms with E-state index in [4.69, 9.17) is 4.74 Å². The highest BCUT2D eigenvalue weighted by atomic mass is 127. The molecule has 0 fully saturated rings. The summed E-state index contributed by atoms with van der Waals surface area (Å²) in [7, 11) is 5.63. The number of hydrogen-bond acceptors (Lipinski definition) is 2. The SMILES string of the molecule is CN=C(NCCCCCOC)N(C)Cc1ccccc1Br.I. The number of unbranched alkanes of at least 4 members (excludes halogenated alkanes) is 2. The van der Waals surface area contributed by atoms with Gasteiger partial charge < -0.3 is 15.0 Å². The Morgan fingerprint density at radius 2 is 2.00 bits per heavy atom. The number of rotatable bonds is 8. The van der Waals surface area contributed by atoms with Crippen LogP contribution in [0.2, 0.25) is 0 Å². The highest BCUT2D eigenvalue weighted by Gasteiger charge is 2.07. The van der Waals surface area contributed by atoms with Crippen LogP contribution in [0.15, 0.2) is 33.7 Å². The Labute approximate surface area is 159 Å². The summed E-state index contributed by atoms with van der Waals surface area (Å²) >= 11 is 3.58. The summed E-state index contributed by atoms with van der Waals surface area (Å²) in [5.41, 5.74) is 1.25. The summed E-state index contributed by atoms with van der Waals surface area (Å²) < 4.78 is 6.18. The van der Waals surface area contributed by atoms with Crippen molar-refractivity contribution in [2.75, 3.05) is 34.4 Å². The van der Waals surface area contributed by atoms with Gasteiger partial charge in [0.2, 0.25) is 0 Å². The van der Waals surface area contributed by atoms with Gasteiger partial charge in [0, 0.05) is 45.4 Å². The minimum absolute atomic E-state index is 0. The molecule has 0 bridgehead atoms. The van der Waals surface area contributed by atoms with Crippen molar-refractivity contribution in [3.8, 4) is 0 Å².